The fraction of sp³-hybridized carbons (Fsp3) is 0.429. The van der Waals surface area contributed by atoms with Crippen LogP contribution in [0, 0.1) is 10.1 Å². The second-order valence-corrected chi connectivity index (χ2v) is 2.34. The van der Waals surface area contributed by atoms with E-state index >= 15 is 0 Å². The van der Waals surface area contributed by atoms with Crippen molar-refractivity contribution < 1.29 is 14.1 Å². The van der Waals surface area contributed by atoms with Crippen LogP contribution in [0.3, 0.4) is 0 Å². The average molecular weight is 186 g/mol. The van der Waals surface area contributed by atoms with Crippen molar-refractivity contribution in [3.05, 3.63) is 28.0 Å². The summed E-state index contributed by atoms with van der Waals surface area (Å²) in [6, 6.07) is 2.80. The Balaban J connectivity index is 2.44. The molecule has 1 aromatic heterocycles. The minimum Gasteiger partial charge on any atom is -0.403 e. The first-order valence-electron chi connectivity index (χ1n) is 3.75. The molecule has 0 unspecified atom stereocenters. The molecule has 6 nitrogen and oxygen atoms in total. The summed E-state index contributed by atoms with van der Waals surface area (Å²) in [7, 11) is 0. The quantitative estimate of drug-likeness (QED) is 0.414. The molecule has 1 heterocycles. The van der Waals surface area contributed by atoms with E-state index in [0.29, 0.717) is 18.9 Å². The molecule has 2 N–H and O–H groups in total. The van der Waals surface area contributed by atoms with Crippen LogP contribution in [0.1, 0.15) is 5.76 Å². The van der Waals surface area contributed by atoms with Gasteiger partial charge in [0.15, 0.2) is 0 Å². The predicted octanol–water partition coefficient (Wildman–Crippen LogP) is 0.663. The van der Waals surface area contributed by atoms with Crippen molar-refractivity contribution in [2.75, 3.05) is 13.2 Å². The Morgan fingerprint density at radius 2 is 2.38 bits per heavy atom. The lowest BCUT2D eigenvalue weighted by molar-refractivity contribution is -0.402. The van der Waals surface area contributed by atoms with E-state index in [1.54, 1.807) is 0 Å². The SMILES string of the molecule is NCCOCc1ccc([N+](=O)[O-])o1. The van der Waals surface area contributed by atoms with Crippen LogP contribution in [-0.2, 0) is 11.3 Å². The van der Waals surface area contributed by atoms with Gasteiger partial charge in [0.1, 0.15) is 17.3 Å². The van der Waals surface area contributed by atoms with Crippen molar-refractivity contribution in [2.24, 2.45) is 5.73 Å². The molecule has 0 amide bonds. The zero-order valence-corrected chi connectivity index (χ0v) is 6.93. The van der Waals surface area contributed by atoms with E-state index < -0.39 is 4.92 Å². The van der Waals surface area contributed by atoms with Gasteiger partial charge in [0, 0.05) is 6.54 Å². The summed E-state index contributed by atoms with van der Waals surface area (Å²) in [6.45, 7) is 1.04. The van der Waals surface area contributed by atoms with Crippen LogP contribution >= 0.6 is 0 Å². The molecular weight excluding hydrogens is 176 g/mol. The zero-order valence-electron chi connectivity index (χ0n) is 6.93. The molecule has 0 spiro atoms. The molecule has 13 heavy (non-hydrogen) atoms. The van der Waals surface area contributed by atoms with Gasteiger partial charge in [-0.3, -0.25) is 10.1 Å². The van der Waals surface area contributed by atoms with Gasteiger partial charge < -0.3 is 14.9 Å². The van der Waals surface area contributed by atoms with Crippen molar-refractivity contribution in [2.45, 2.75) is 6.61 Å². The molecule has 1 rings (SSSR count). The predicted molar refractivity (Wildman–Crippen MR) is 44.1 cm³/mol. The molecule has 0 radical (unpaired) electrons. The largest absolute Gasteiger partial charge is 0.433 e. The van der Waals surface area contributed by atoms with Crippen LogP contribution < -0.4 is 5.73 Å². The second kappa shape index (κ2) is 4.58. The summed E-state index contributed by atoms with van der Waals surface area (Å²) in [4.78, 5) is 9.60. The number of furan rings is 1. The van der Waals surface area contributed by atoms with Crippen LogP contribution in [0.5, 0.6) is 0 Å². The molecule has 0 aliphatic carbocycles. The minimum absolute atomic E-state index is 0.213. The number of hydrogen-bond acceptors (Lipinski definition) is 5. The normalized spacial score (nSPS) is 10.2. The van der Waals surface area contributed by atoms with Crippen molar-refractivity contribution >= 4 is 5.88 Å². The van der Waals surface area contributed by atoms with Crippen molar-refractivity contribution in [1.82, 2.24) is 0 Å². The van der Waals surface area contributed by atoms with E-state index in [0.717, 1.165) is 0 Å². The smallest absolute Gasteiger partial charge is 0.403 e. The van der Waals surface area contributed by atoms with Gasteiger partial charge >= 0.3 is 5.88 Å². The maximum Gasteiger partial charge on any atom is 0.433 e. The lowest BCUT2D eigenvalue weighted by Crippen LogP contribution is -2.07. The monoisotopic (exact) mass is 186 g/mol. The molecule has 1 aromatic rings. The number of nitro groups is 1. The van der Waals surface area contributed by atoms with Crippen LogP contribution in [-0.4, -0.2) is 18.1 Å². The maximum atomic E-state index is 10.2. The highest BCUT2D eigenvalue weighted by molar-refractivity contribution is 5.17. The van der Waals surface area contributed by atoms with Crippen LogP contribution in [0.4, 0.5) is 5.88 Å². The van der Waals surface area contributed by atoms with E-state index in [-0.39, 0.29) is 12.5 Å². The molecule has 0 fully saturated rings. The maximum absolute atomic E-state index is 10.2. The Labute approximate surface area is 74.4 Å². The molecule has 0 saturated heterocycles. The van der Waals surface area contributed by atoms with Gasteiger partial charge in [0.2, 0.25) is 0 Å². The summed E-state index contributed by atoms with van der Waals surface area (Å²) >= 11 is 0. The van der Waals surface area contributed by atoms with Crippen molar-refractivity contribution in [1.29, 1.82) is 0 Å². The Morgan fingerprint density at radius 1 is 1.62 bits per heavy atom. The number of rotatable bonds is 5. The van der Waals surface area contributed by atoms with Gasteiger partial charge in [0.05, 0.1) is 12.7 Å². The highest BCUT2D eigenvalue weighted by Crippen LogP contribution is 2.15. The first kappa shape index (κ1) is 9.69. The first-order chi connectivity index (χ1) is 6.24. The highest BCUT2D eigenvalue weighted by Gasteiger charge is 2.11. The summed E-state index contributed by atoms with van der Waals surface area (Å²) in [5.74, 6) is 0.159. The van der Waals surface area contributed by atoms with Gasteiger partial charge in [-0.1, -0.05) is 0 Å². The molecule has 6 heteroatoms. The van der Waals surface area contributed by atoms with E-state index in [2.05, 4.69) is 0 Å². The average Bonchev–Trinajstić information content (AvgIpc) is 2.53. The fourth-order valence-electron chi connectivity index (χ4n) is 0.798. The van der Waals surface area contributed by atoms with E-state index in [4.69, 9.17) is 14.9 Å². The highest BCUT2D eigenvalue weighted by atomic mass is 16.6. The third-order valence-electron chi connectivity index (χ3n) is 1.33. The van der Waals surface area contributed by atoms with Gasteiger partial charge in [-0.05, 0) is 6.07 Å². The van der Waals surface area contributed by atoms with Crippen molar-refractivity contribution in [3.63, 3.8) is 0 Å². The first-order valence-corrected chi connectivity index (χ1v) is 3.75. The summed E-state index contributed by atoms with van der Waals surface area (Å²) in [5.41, 5.74) is 5.18. The topological polar surface area (TPSA) is 91.5 Å². The third kappa shape index (κ3) is 2.85. The van der Waals surface area contributed by atoms with Crippen LogP contribution in [0.15, 0.2) is 16.5 Å². The van der Waals surface area contributed by atoms with Crippen LogP contribution in [0.2, 0.25) is 0 Å². The Hall–Kier alpha value is -1.40. The Kier molecular flexibility index (Phi) is 3.41. The molecule has 0 aliphatic heterocycles. The fourth-order valence-corrected chi connectivity index (χ4v) is 0.798. The minimum atomic E-state index is -0.591. The van der Waals surface area contributed by atoms with Crippen LogP contribution in [0.25, 0.3) is 0 Å². The lowest BCUT2D eigenvalue weighted by Gasteiger charge is -1.96. The summed E-state index contributed by atoms with van der Waals surface area (Å²) in [5, 5.41) is 10.2. The molecule has 0 atom stereocenters. The molecule has 0 saturated carbocycles. The van der Waals surface area contributed by atoms with Gasteiger partial charge in [-0.15, -0.1) is 0 Å². The molecule has 0 aliphatic rings. The van der Waals surface area contributed by atoms with E-state index in [1.165, 1.54) is 12.1 Å². The number of ether oxygens (including phenoxy) is 1. The summed E-state index contributed by atoms with van der Waals surface area (Å²) < 4.78 is 9.85. The van der Waals surface area contributed by atoms with E-state index in [9.17, 15) is 10.1 Å². The van der Waals surface area contributed by atoms with Gasteiger partial charge in [0.25, 0.3) is 0 Å². The number of nitrogens with two attached hydrogens (primary N) is 1. The second-order valence-electron chi connectivity index (χ2n) is 2.34. The lowest BCUT2D eigenvalue weighted by atomic mass is 10.5. The summed E-state index contributed by atoms with van der Waals surface area (Å²) in [6.07, 6.45) is 0. The zero-order chi connectivity index (χ0) is 9.68. The number of nitrogens with zero attached hydrogens (tertiary/aromatic N) is 1. The Bertz CT molecular complexity index is 284. The molecule has 72 valence electrons. The standard InChI is InChI=1S/C7H10N2O4/c8-3-4-12-5-6-1-2-7(13-6)9(10)11/h1-2H,3-5,8H2. The van der Waals surface area contributed by atoms with Gasteiger partial charge in [-0.2, -0.15) is 0 Å². The molecular formula is C7H10N2O4. The van der Waals surface area contributed by atoms with Gasteiger partial charge in [-0.25, -0.2) is 0 Å². The number of hydrogen-bond donors (Lipinski definition) is 1. The Morgan fingerprint density at radius 3 is 2.92 bits per heavy atom. The van der Waals surface area contributed by atoms with Crippen molar-refractivity contribution in [3.8, 4) is 0 Å². The third-order valence-corrected chi connectivity index (χ3v) is 1.33. The molecule has 0 aromatic carbocycles. The molecule has 0 bridgehead atoms. The van der Waals surface area contributed by atoms with E-state index in [1.807, 2.05) is 0 Å².